The number of aromatic hydroxyl groups is 1. The van der Waals surface area contributed by atoms with Crippen LogP contribution in [0.25, 0.3) is 0 Å². The molecule has 1 heterocycles. The standard InChI is InChI=1S/C15H19NO2/c1-10-6-7-13(14(17)9-10)11(2)16-12(3)15-5-4-8-18-15/h4-9,11-12,16-17H,1-3H3/t11?,12-/m1/s1. The van der Waals surface area contributed by atoms with Crippen LogP contribution in [0.3, 0.4) is 0 Å². The van der Waals surface area contributed by atoms with Gasteiger partial charge in [-0.3, -0.25) is 0 Å². The minimum absolute atomic E-state index is 0.0608. The Morgan fingerprint density at radius 1 is 1.17 bits per heavy atom. The summed E-state index contributed by atoms with van der Waals surface area (Å²) in [6.45, 7) is 6.04. The molecule has 0 amide bonds. The van der Waals surface area contributed by atoms with Gasteiger partial charge >= 0.3 is 0 Å². The van der Waals surface area contributed by atoms with Gasteiger partial charge in [-0.05, 0) is 44.5 Å². The lowest BCUT2D eigenvalue weighted by Crippen LogP contribution is -2.22. The second kappa shape index (κ2) is 5.27. The fraction of sp³-hybridized carbons (Fsp3) is 0.333. The van der Waals surface area contributed by atoms with E-state index < -0.39 is 0 Å². The Morgan fingerprint density at radius 2 is 1.94 bits per heavy atom. The van der Waals surface area contributed by atoms with Gasteiger partial charge in [-0.1, -0.05) is 12.1 Å². The van der Waals surface area contributed by atoms with E-state index >= 15 is 0 Å². The van der Waals surface area contributed by atoms with Crippen molar-refractivity contribution in [1.82, 2.24) is 5.32 Å². The van der Waals surface area contributed by atoms with Crippen molar-refractivity contribution in [3.05, 3.63) is 53.5 Å². The van der Waals surface area contributed by atoms with Gasteiger partial charge in [0, 0.05) is 11.6 Å². The van der Waals surface area contributed by atoms with E-state index in [4.69, 9.17) is 4.42 Å². The van der Waals surface area contributed by atoms with E-state index in [0.29, 0.717) is 5.75 Å². The zero-order valence-electron chi connectivity index (χ0n) is 11.0. The Bertz CT molecular complexity index is 505. The molecule has 96 valence electrons. The molecule has 3 nitrogen and oxygen atoms in total. The maximum atomic E-state index is 9.94. The van der Waals surface area contributed by atoms with Gasteiger partial charge in [0.05, 0.1) is 12.3 Å². The second-order valence-corrected chi connectivity index (χ2v) is 4.69. The first-order valence-corrected chi connectivity index (χ1v) is 6.17. The molecular weight excluding hydrogens is 226 g/mol. The molecule has 0 saturated carbocycles. The number of hydrogen-bond acceptors (Lipinski definition) is 3. The molecular formula is C15H19NO2. The number of hydrogen-bond donors (Lipinski definition) is 2. The smallest absolute Gasteiger partial charge is 0.120 e. The Balaban J connectivity index is 2.10. The number of phenols is 1. The molecule has 0 fully saturated rings. The highest BCUT2D eigenvalue weighted by Crippen LogP contribution is 2.27. The van der Waals surface area contributed by atoms with Crippen molar-refractivity contribution < 1.29 is 9.52 Å². The summed E-state index contributed by atoms with van der Waals surface area (Å²) in [5.74, 6) is 1.23. The molecule has 0 saturated heterocycles. The van der Waals surface area contributed by atoms with Crippen molar-refractivity contribution in [3.8, 4) is 5.75 Å². The van der Waals surface area contributed by atoms with Crippen LogP contribution in [0.2, 0.25) is 0 Å². The minimum Gasteiger partial charge on any atom is -0.508 e. The normalized spacial score (nSPS) is 14.4. The lowest BCUT2D eigenvalue weighted by Gasteiger charge is -2.20. The predicted molar refractivity (Wildman–Crippen MR) is 71.5 cm³/mol. The molecule has 2 N–H and O–H groups in total. The number of aryl methyl sites for hydroxylation is 1. The van der Waals surface area contributed by atoms with Gasteiger partial charge in [0.25, 0.3) is 0 Å². The molecule has 0 bridgehead atoms. The SMILES string of the molecule is Cc1ccc(C(C)N[C@H](C)c2ccco2)c(O)c1. The van der Waals surface area contributed by atoms with Crippen molar-refractivity contribution in [2.45, 2.75) is 32.9 Å². The van der Waals surface area contributed by atoms with Crippen LogP contribution in [0.5, 0.6) is 5.75 Å². The summed E-state index contributed by atoms with van der Waals surface area (Å²) >= 11 is 0. The zero-order chi connectivity index (χ0) is 13.1. The third-order valence-electron chi connectivity index (χ3n) is 3.12. The molecule has 1 aromatic carbocycles. The molecule has 1 aromatic heterocycles. The monoisotopic (exact) mass is 245 g/mol. The quantitative estimate of drug-likeness (QED) is 0.863. The molecule has 2 aromatic rings. The number of phenolic OH excluding ortho intramolecular Hbond substituents is 1. The molecule has 1 unspecified atom stereocenters. The topological polar surface area (TPSA) is 45.4 Å². The summed E-state index contributed by atoms with van der Waals surface area (Å²) in [4.78, 5) is 0. The maximum Gasteiger partial charge on any atom is 0.120 e. The van der Waals surface area contributed by atoms with E-state index in [-0.39, 0.29) is 12.1 Å². The number of nitrogens with one attached hydrogen (secondary N) is 1. The molecule has 0 radical (unpaired) electrons. The van der Waals surface area contributed by atoms with Crippen LogP contribution in [0, 0.1) is 6.92 Å². The average Bonchev–Trinajstić information content (AvgIpc) is 2.81. The lowest BCUT2D eigenvalue weighted by molar-refractivity contribution is 0.392. The van der Waals surface area contributed by atoms with Gasteiger partial charge in [-0.25, -0.2) is 0 Å². The Labute approximate surface area is 107 Å². The molecule has 18 heavy (non-hydrogen) atoms. The van der Waals surface area contributed by atoms with E-state index in [1.165, 1.54) is 0 Å². The fourth-order valence-corrected chi connectivity index (χ4v) is 2.10. The third kappa shape index (κ3) is 2.74. The van der Waals surface area contributed by atoms with Crippen LogP contribution >= 0.6 is 0 Å². The van der Waals surface area contributed by atoms with Crippen molar-refractivity contribution in [2.24, 2.45) is 0 Å². The Hall–Kier alpha value is -1.74. The molecule has 3 heteroatoms. The van der Waals surface area contributed by atoms with E-state index in [0.717, 1.165) is 16.9 Å². The predicted octanol–water partition coefficient (Wildman–Crippen LogP) is 3.71. The fourth-order valence-electron chi connectivity index (χ4n) is 2.10. The summed E-state index contributed by atoms with van der Waals surface area (Å²) < 4.78 is 5.36. The summed E-state index contributed by atoms with van der Waals surface area (Å²) in [6, 6.07) is 9.73. The van der Waals surface area contributed by atoms with Crippen LogP contribution in [-0.4, -0.2) is 5.11 Å². The van der Waals surface area contributed by atoms with Crippen molar-refractivity contribution in [3.63, 3.8) is 0 Å². The number of benzene rings is 1. The minimum atomic E-state index is 0.0608. The first-order chi connectivity index (χ1) is 8.58. The zero-order valence-corrected chi connectivity index (χ0v) is 11.0. The molecule has 0 aliphatic heterocycles. The van der Waals surface area contributed by atoms with Crippen molar-refractivity contribution in [2.75, 3.05) is 0 Å². The molecule has 2 atom stereocenters. The van der Waals surface area contributed by atoms with Crippen LogP contribution < -0.4 is 5.32 Å². The van der Waals surface area contributed by atoms with E-state index in [1.54, 1.807) is 12.3 Å². The van der Waals surface area contributed by atoms with Crippen LogP contribution in [-0.2, 0) is 0 Å². The highest BCUT2D eigenvalue weighted by molar-refractivity contribution is 5.37. The van der Waals surface area contributed by atoms with E-state index in [2.05, 4.69) is 5.32 Å². The van der Waals surface area contributed by atoms with Gasteiger partial charge in [0.15, 0.2) is 0 Å². The second-order valence-electron chi connectivity index (χ2n) is 4.69. The highest BCUT2D eigenvalue weighted by atomic mass is 16.3. The number of furan rings is 1. The Kier molecular flexibility index (Phi) is 3.72. The molecule has 0 spiro atoms. The summed E-state index contributed by atoms with van der Waals surface area (Å²) in [7, 11) is 0. The van der Waals surface area contributed by atoms with Gasteiger partial charge < -0.3 is 14.8 Å². The van der Waals surface area contributed by atoms with Crippen LogP contribution in [0.4, 0.5) is 0 Å². The van der Waals surface area contributed by atoms with E-state index in [1.807, 2.05) is 45.0 Å². The highest BCUT2D eigenvalue weighted by Gasteiger charge is 2.15. The number of rotatable bonds is 4. The van der Waals surface area contributed by atoms with Crippen LogP contribution in [0.15, 0.2) is 41.0 Å². The first-order valence-electron chi connectivity index (χ1n) is 6.17. The van der Waals surface area contributed by atoms with Crippen molar-refractivity contribution >= 4 is 0 Å². The summed E-state index contributed by atoms with van der Waals surface area (Å²) in [5.41, 5.74) is 1.96. The largest absolute Gasteiger partial charge is 0.508 e. The van der Waals surface area contributed by atoms with Gasteiger partial charge in [-0.2, -0.15) is 0 Å². The van der Waals surface area contributed by atoms with E-state index in [9.17, 15) is 5.11 Å². The van der Waals surface area contributed by atoms with Gasteiger partial charge in [0.1, 0.15) is 11.5 Å². The van der Waals surface area contributed by atoms with Gasteiger partial charge in [0.2, 0.25) is 0 Å². The van der Waals surface area contributed by atoms with Crippen molar-refractivity contribution in [1.29, 1.82) is 0 Å². The lowest BCUT2D eigenvalue weighted by atomic mass is 10.0. The van der Waals surface area contributed by atoms with Crippen LogP contribution in [0.1, 0.15) is 42.8 Å². The first kappa shape index (κ1) is 12.7. The maximum absolute atomic E-state index is 9.94. The molecule has 0 aliphatic rings. The van der Waals surface area contributed by atoms with Gasteiger partial charge in [-0.15, -0.1) is 0 Å². The Morgan fingerprint density at radius 3 is 2.56 bits per heavy atom. The molecule has 2 rings (SSSR count). The average molecular weight is 245 g/mol. The molecule has 0 aliphatic carbocycles. The summed E-state index contributed by atoms with van der Waals surface area (Å²) in [5, 5.41) is 13.3. The summed E-state index contributed by atoms with van der Waals surface area (Å²) in [6.07, 6.45) is 1.67. The third-order valence-corrected chi connectivity index (χ3v) is 3.12.